The molecular formula is C27H31F4NO4. The summed E-state index contributed by atoms with van der Waals surface area (Å²) in [7, 11) is 0. The van der Waals surface area contributed by atoms with Gasteiger partial charge in [0.25, 0.3) is 12.4 Å². The number of ether oxygens (including phenoxy) is 2. The molecule has 5 saturated carbocycles. The van der Waals surface area contributed by atoms with Gasteiger partial charge < -0.3 is 14.4 Å². The fourth-order valence-electron chi connectivity index (χ4n) is 7.87. The van der Waals surface area contributed by atoms with Gasteiger partial charge in [-0.2, -0.15) is 13.2 Å². The van der Waals surface area contributed by atoms with Crippen LogP contribution in [0.4, 0.5) is 17.6 Å². The van der Waals surface area contributed by atoms with E-state index in [0.717, 1.165) is 60.3 Å². The average molecular weight is 510 g/mol. The van der Waals surface area contributed by atoms with Crippen molar-refractivity contribution in [3.05, 3.63) is 29.1 Å². The number of carbonyl (C=O) groups excluding carboxylic acids is 2. The number of carbonyl (C=O) groups is 2. The third kappa shape index (κ3) is 4.36. The SMILES string of the molecule is O=CO[C@@H]1C[C@H](C(F)(F)F)CN1C(=O)c1cc(C2CC2)c(OCC23CC4CC(CC(C4)C2)C3)cc1F. The van der Waals surface area contributed by atoms with Crippen LogP contribution < -0.4 is 4.74 Å². The van der Waals surface area contributed by atoms with Crippen LogP contribution in [0.2, 0.25) is 0 Å². The van der Waals surface area contributed by atoms with E-state index >= 15 is 4.39 Å². The van der Waals surface area contributed by atoms with E-state index in [4.69, 9.17) is 9.47 Å². The van der Waals surface area contributed by atoms with Crippen LogP contribution in [0, 0.1) is 34.9 Å². The Morgan fingerprint density at radius 3 is 2.25 bits per heavy atom. The van der Waals surface area contributed by atoms with Crippen molar-refractivity contribution in [3.8, 4) is 5.75 Å². The zero-order chi connectivity index (χ0) is 25.2. The van der Waals surface area contributed by atoms with E-state index in [-0.39, 0.29) is 23.4 Å². The molecule has 1 aromatic carbocycles. The molecule has 0 aromatic heterocycles. The molecule has 5 nitrogen and oxygen atoms in total. The van der Waals surface area contributed by atoms with E-state index < -0.39 is 43.0 Å². The van der Waals surface area contributed by atoms with Gasteiger partial charge in [0.05, 0.1) is 18.1 Å². The number of likely N-dealkylation sites (tertiary alicyclic amines) is 1. The number of hydrogen-bond acceptors (Lipinski definition) is 4. The Kier molecular flexibility index (Phi) is 5.76. The second-order valence-electron chi connectivity index (χ2n) is 12.0. The summed E-state index contributed by atoms with van der Waals surface area (Å²) >= 11 is 0. The van der Waals surface area contributed by atoms with Crippen molar-refractivity contribution in [1.82, 2.24) is 4.90 Å². The van der Waals surface area contributed by atoms with E-state index in [0.29, 0.717) is 12.4 Å². The lowest BCUT2D eigenvalue weighted by Gasteiger charge is -2.56. The van der Waals surface area contributed by atoms with Crippen molar-refractivity contribution < 1.29 is 36.6 Å². The first-order valence-electron chi connectivity index (χ1n) is 13.1. The minimum absolute atomic E-state index is 0.0249. The lowest BCUT2D eigenvalue weighted by Crippen LogP contribution is -2.48. The fourth-order valence-corrected chi connectivity index (χ4v) is 7.87. The first-order valence-corrected chi connectivity index (χ1v) is 13.1. The van der Waals surface area contributed by atoms with Gasteiger partial charge in [0, 0.05) is 24.4 Å². The number of hydrogen-bond donors (Lipinski definition) is 0. The highest BCUT2D eigenvalue weighted by molar-refractivity contribution is 5.95. The van der Waals surface area contributed by atoms with Gasteiger partial charge in [-0.1, -0.05) is 0 Å². The molecule has 4 bridgehead atoms. The predicted molar refractivity (Wildman–Crippen MR) is 121 cm³/mol. The molecule has 0 spiro atoms. The second-order valence-corrected chi connectivity index (χ2v) is 12.0. The summed E-state index contributed by atoms with van der Waals surface area (Å²) in [5.41, 5.74) is 0.576. The summed E-state index contributed by atoms with van der Waals surface area (Å²) in [5.74, 6) is -0.679. The van der Waals surface area contributed by atoms with E-state index in [9.17, 15) is 22.8 Å². The van der Waals surface area contributed by atoms with Gasteiger partial charge in [0.2, 0.25) is 0 Å². The van der Waals surface area contributed by atoms with Gasteiger partial charge in [-0.25, -0.2) is 4.39 Å². The molecule has 0 unspecified atom stereocenters. The predicted octanol–water partition coefficient (Wildman–Crippen LogP) is 5.82. The molecule has 0 N–H and O–H groups in total. The molecule has 196 valence electrons. The zero-order valence-electron chi connectivity index (χ0n) is 20.1. The van der Waals surface area contributed by atoms with Gasteiger partial charge in [0.15, 0.2) is 6.23 Å². The van der Waals surface area contributed by atoms with Crippen LogP contribution in [-0.2, 0) is 9.53 Å². The van der Waals surface area contributed by atoms with E-state index in [2.05, 4.69) is 0 Å². The normalized spacial score (nSPS) is 35.2. The Bertz CT molecular complexity index is 1020. The first-order chi connectivity index (χ1) is 17.1. The second kappa shape index (κ2) is 8.62. The molecule has 1 amide bonds. The van der Waals surface area contributed by atoms with Crippen LogP contribution in [0.5, 0.6) is 5.75 Å². The van der Waals surface area contributed by atoms with Crippen molar-refractivity contribution in [3.63, 3.8) is 0 Å². The highest BCUT2D eigenvalue weighted by Gasteiger charge is 2.52. The summed E-state index contributed by atoms with van der Waals surface area (Å²) < 4.78 is 66.3. The van der Waals surface area contributed by atoms with E-state index in [1.807, 2.05) is 0 Å². The van der Waals surface area contributed by atoms with Gasteiger partial charge in [-0.05, 0) is 86.7 Å². The number of benzene rings is 1. The molecule has 1 heterocycles. The molecule has 0 radical (unpaired) electrons. The minimum atomic E-state index is -4.55. The third-order valence-corrected chi connectivity index (χ3v) is 9.23. The van der Waals surface area contributed by atoms with Gasteiger partial charge in [-0.3, -0.25) is 9.59 Å². The van der Waals surface area contributed by atoms with Crippen LogP contribution >= 0.6 is 0 Å². The van der Waals surface area contributed by atoms with E-state index in [1.54, 1.807) is 0 Å². The number of rotatable bonds is 7. The molecule has 1 aromatic rings. The van der Waals surface area contributed by atoms with Crippen molar-refractivity contribution in [1.29, 1.82) is 0 Å². The van der Waals surface area contributed by atoms with Crippen LogP contribution in [-0.4, -0.2) is 42.8 Å². The summed E-state index contributed by atoms with van der Waals surface area (Å²) in [6.07, 6.45) is 2.73. The molecule has 36 heavy (non-hydrogen) atoms. The molecule has 1 aliphatic heterocycles. The number of amides is 1. The summed E-state index contributed by atoms with van der Waals surface area (Å²) in [6.45, 7) is -0.113. The molecule has 2 atom stereocenters. The third-order valence-electron chi connectivity index (χ3n) is 9.23. The monoisotopic (exact) mass is 509 g/mol. The number of alkyl halides is 3. The quantitative estimate of drug-likeness (QED) is 0.343. The maximum Gasteiger partial charge on any atom is 0.393 e. The largest absolute Gasteiger partial charge is 0.493 e. The topological polar surface area (TPSA) is 55.8 Å². The fraction of sp³-hybridized carbons (Fsp3) is 0.704. The maximum atomic E-state index is 15.3. The highest BCUT2D eigenvalue weighted by atomic mass is 19.4. The molecule has 6 fully saturated rings. The zero-order valence-corrected chi connectivity index (χ0v) is 20.1. The van der Waals surface area contributed by atoms with Crippen molar-refractivity contribution in [2.24, 2.45) is 29.1 Å². The van der Waals surface area contributed by atoms with Crippen LogP contribution in [0.15, 0.2) is 12.1 Å². The van der Waals surface area contributed by atoms with Gasteiger partial charge in [-0.15, -0.1) is 0 Å². The standard InChI is InChI=1S/C27H31F4NO4/c28-22-8-23(35-13-26-9-15-3-16(10-26)5-17(4-15)11-26)20(18-1-2-18)7-21(22)25(34)32-12-19(27(29,30)31)6-24(32)36-14-33/h7-8,14-19,24H,1-6,9-13H2/t15?,16?,17?,19-,24+,26?/m0/s1. The summed E-state index contributed by atoms with van der Waals surface area (Å²) in [5, 5.41) is 0. The van der Waals surface area contributed by atoms with Gasteiger partial charge >= 0.3 is 6.18 Å². The average Bonchev–Trinajstić information content (AvgIpc) is 3.55. The molecule has 5 aliphatic carbocycles. The lowest BCUT2D eigenvalue weighted by molar-refractivity contribution is -0.172. The molecule has 1 saturated heterocycles. The smallest absolute Gasteiger partial charge is 0.393 e. The Morgan fingerprint density at radius 2 is 1.69 bits per heavy atom. The number of halogens is 4. The molecule has 7 rings (SSSR count). The van der Waals surface area contributed by atoms with Crippen LogP contribution in [0.3, 0.4) is 0 Å². The van der Waals surface area contributed by atoms with Crippen LogP contribution in [0.1, 0.15) is 79.6 Å². The van der Waals surface area contributed by atoms with Crippen LogP contribution in [0.25, 0.3) is 0 Å². The Labute approximate surface area is 207 Å². The van der Waals surface area contributed by atoms with Gasteiger partial charge in [0.1, 0.15) is 11.6 Å². The summed E-state index contributed by atoms with van der Waals surface area (Å²) in [6, 6.07) is 2.68. The molecular weight excluding hydrogens is 478 g/mol. The molecule has 6 aliphatic rings. The number of nitrogens with zero attached hydrogens (tertiary/aromatic N) is 1. The highest BCUT2D eigenvalue weighted by Crippen LogP contribution is 2.60. The van der Waals surface area contributed by atoms with E-state index in [1.165, 1.54) is 31.4 Å². The Hall–Kier alpha value is -2.32. The summed E-state index contributed by atoms with van der Waals surface area (Å²) in [4.78, 5) is 24.9. The van der Waals surface area contributed by atoms with Crippen molar-refractivity contribution in [2.45, 2.75) is 76.1 Å². The van der Waals surface area contributed by atoms with Crippen molar-refractivity contribution in [2.75, 3.05) is 13.2 Å². The Balaban J connectivity index is 1.23. The first kappa shape index (κ1) is 24.0. The minimum Gasteiger partial charge on any atom is -0.493 e. The molecule has 9 heteroatoms. The van der Waals surface area contributed by atoms with Crippen molar-refractivity contribution >= 4 is 12.4 Å². The maximum absolute atomic E-state index is 15.3. The Morgan fingerprint density at radius 1 is 1.06 bits per heavy atom. The lowest BCUT2D eigenvalue weighted by atomic mass is 9.50.